The molecule has 0 aromatic carbocycles. The molecule has 1 heterocycles. The molecule has 0 saturated carbocycles. The number of rotatable bonds is 59. The van der Waals surface area contributed by atoms with E-state index in [1.54, 1.807) is 0 Å². The first-order chi connectivity index (χ1) is 36.8. The van der Waals surface area contributed by atoms with Gasteiger partial charge in [-0.25, -0.2) is 0 Å². The van der Waals surface area contributed by atoms with Crippen LogP contribution >= 0.6 is 0 Å². The molecular formula is C66H129NO8. The zero-order chi connectivity index (χ0) is 54.3. The van der Waals surface area contributed by atoms with Crippen LogP contribution in [0.4, 0.5) is 0 Å². The molecule has 1 aliphatic rings. The van der Waals surface area contributed by atoms with Crippen molar-refractivity contribution < 1.29 is 39.8 Å². The molecule has 0 aromatic heterocycles. The number of nitrogens with one attached hydrogen (secondary N) is 1. The second-order valence-electron chi connectivity index (χ2n) is 23.6. The van der Waals surface area contributed by atoms with Crippen LogP contribution in [0.5, 0.6) is 0 Å². The van der Waals surface area contributed by atoms with Crippen LogP contribution in [-0.4, -0.2) is 87.5 Å². The number of aliphatic hydroxyl groups is 5. The van der Waals surface area contributed by atoms with Crippen molar-refractivity contribution in [2.45, 2.75) is 391 Å². The quantitative estimate of drug-likeness (QED) is 0.0261. The van der Waals surface area contributed by atoms with Crippen LogP contribution in [0.2, 0.25) is 0 Å². The highest BCUT2D eigenvalue weighted by Crippen LogP contribution is 2.24. The van der Waals surface area contributed by atoms with Gasteiger partial charge in [-0.1, -0.05) is 315 Å². The third kappa shape index (κ3) is 45.4. The van der Waals surface area contributed by atoms with E-state index in [9.17, 15) is 30.3 Å². The van der Waals surface area contributed by atoms with E-state index in [0.29, 0.717) is 12.8 Å². The lowest BCUT2D eigenvalue weighted by atomic mass is 9.99. The average molecular weight is 1060 g/mol. The number of hydrogen-bond donors (Lipinski definition) is 6. The standard InChI is InChI=1S/C66H129NO8/c1-3-5-7-9-11-13-15-17-19-21-23-25-27-28-29-30-31-32-34-35-37-39-41-43-45-47-49-51-53-55-60(69)59(58-74-66-65(73)64(72)63(71)61(57-68)75-66)67-62(70)56-54-52-50-48-46-44-42-40-38-36-33-26-24-22-20-18-16-14-12-10-8-6-4-2/h22,24,59-61,63-66,68-69,71-73H,3-21,23,25-58H2,1-2H3,(H,67,70)/b24-22-. The van der Waals surface area contributed by atoms with E-state index in [4.69, 9.17) is 9.47 Å². The summed E-state index contributed by atoms with van der Waals surface area (Å²) >= 11 is 0. The Morgan fingerprint density at radius 2 is 0.747 bits per heavy atom. The van der Waals surface area contributed by atoms with Gasteiger partial charge in [-0.15, -0.1) is 0 Å². The Labute approximate surface area is 465 Å². The van der Waals surface area contributed by atoms with Crippen LogP contribution in [0.1, 0.15) is 348 Å². The van der Waals surface area contributed by atoms with E-state index in [-0.39, 0.29) is 12.5 Å². The number of allylic oxidation sites excluding steroid dienone is 2. The minimum Gasteiger partial charge on any atom is -0.394 e. The van der Waals surface area contributed by atoms with Gasteiger partial charge in [-0.3, -0.25) is 4.79 Å². The summed E-state index contributed by atoms with van der Waals surface area (Å²) in [6, 6.07) is -0.718. The predicted molar refractivity (Wildman–Crippen MR) is 318 cm³/mol. The number of carbonyl (C=O) groups is 1. The number of unbranched alkanes of at least 4 members (excludes halogenated alkanes) is 47. The van der Waals surface area contributed by atoms with Gasteiger partial charge in [0, 0.05) is 6.42 Å². The van der Waals surface area contributed by atoms with Crippen molar-refractivity contribution in [3.63, 3.8) is 0 Å². The first-order valence-electron chi connectivity index (χ1n) is 33.4. The molecule has 7 atom stereocenters. The molecule has 0 aromatic rings. The second-order valence-corrected chi connectivity index (χ2v) is 23.6. The van der Waals surface area contributed by atoms with Crippen LogP contribution in [0.15, 0.2) is 12.2 Å². The first kappa shape index (κ1) is 71.9. The van der Waals surface area contributed by atoms with E-state index < -0.39 is 49.5 Å². The molecule has 1 saturated heterocycles. The van der Waals surface area contributed by atoms with Crippen LogP contribution < -0.4 is 5.32 Å². The molecule has 7 unspecified atom stereocenters. The summed E-state index contributed by atoms with van der Waals surface area (Å²) in [7, 11) is 0. The maximum absolute atomic E-state index is 13.1. The van der Waals surface area contributed by atoms with Crippen molar-refractivity contribution in [1.82, 2.24) is 5.32 Å². The Morgan fingerprint density at radius 1 is 0.440 bits per heavy atom. The molecule has 0 bridgehead atoms. The van der Waals surface area contributed by atoms with Crippen molar-refractivity contribution in [2.24, 2.45) is 0 Å². The molecule has 446 valence electrons. The summed E-state index contributed by atoms with van der Waals surface area (Å²) in [5.74, 6) is -0.138. The average Bonchev–Trinajstić information content (AvgIpc) is 3.41. The maximum atomic E-state index is 13.1. The molecular weight excluding hydrogens is 935 g/mol. The SMILES string of the molecule is CCCCCCCCCC/C=C\CCCCCCCCCCCCCC(=O)NC(COC1OC(CO)C(O)C(O)C1O)C(O)CCCCCCCCCCCCCCCCCCCCCCCCCCCCCCC. The third-order valence-electron chi connectivity index (χ3n) is 16.4. The summed E-state index contributed by atoms with van der Waals surface area (Å²) in [6.07, 6.45) is 64.1. The molecule has 1 aliphatic heterocycles. The molecule has 0 aliphatic carbocycles. The summed E-state index contributed by atoms with van der Waals surface area (Å²) in [6.45, 7) is 3.89. The highest BCUT2D eigenvalue weighted by Gasteiger charge is 2.44. The predicted octanol–water partition coefficient (Wildman–Crippen LogP) is 17.5. The number of amides is 1. The highest BCUT2D eigenvalue weighted by atomic mass is 16.7. The second kappa shape index (κ2) is 56.2. The molecule has 0 radical (unpaired) electrons. The lowest BCUT2D eigenvalue weighted by Crippen LogP contribution is -2.60. The van der Waals surface area contributed by atoms with E-state index in [0.717, 1.165) is 38.5 Å². The molecule has 1 rings (SSSR count). The number of ether oxygens (including phenoxy) is 2. The number of carbonyl (C=O) groups excluding carboxylic acids is 1. The van der Waals surface area contributed by atoms with Crippen molar-refractivity contribution in [1.29, 1.82) is 0 Å². The first-order valence-corrected chi connectivity index (χ1v) is 33.4. The van der Waals surface area contributed by atoms with Gasteiger partial charge >= 0.3 is 0 Å². The summed E-state index contributed by atoms with van der Waals surface area (Å²) in [5, 5.41) is 54.9. The fraction of sp³-hybridized carbons (Fsp3) is 0.955. The summed E-state index contributed by atoms with van der Waals surface area (Å²) in [4.78, 5) is 13.1. The van der Waals surface area contributed by atoms with E-state index >= 15 is 0 Å². The van der Waals surface area contributed by atoms with Gasteiger partial charge in [0.2, 0.25) is 5.91 Å². The topological polar surface area (TPSA) is 149 Å². The maximum Gasteiger partial charge on any atom is 0.220 e. The molecule has 9 heteroatoms. The minimum atomic E-state index is -1.55. The fourth-order valence-electron chi connectivity index (χ4n) is 11.1. The lowest BCUT2D eigenvalue weighted by molar-refractivity contribution is -0.302. The Kier molecular flexibility index (Phi) is 53.9. The zero-order valence-corrected chi connectivity index (χ0v) is 49.8. The Bertz CT molecular complexity index is 1190. The Morgan fingerprint density at radius 3 is 1.08 bits per heavy atom. The lowest BCUT2D eigenvalue weighted by Gasteiger charge is -2.40. The third-order valence-corrected chi connectivity index (χ3v) is 16.4. The van der Waals surface area contributed by atoms with Crippen molar-refractivity contribution in [3.8, 4) is 0 Å². The van der Waals surface area contributed by atoms with Crippen LogP contribution in [0.3, 0.4) is 0 Å². The van der Waals surface area contributed by atoms with Gasteiger partial charge in [0.25, 0.3) is 0 Å². The highest BCUT2D eigenvalue weighted by molar-refractivity contribution is 5.76. The van der Waals surface area contributed by atoms with Gasteiger partial charge in [-0.2, -0.15) is 0 Å². The molecule has 1 fully saturated rings. The monoisotopic (exact) mass is 1060 g/mol. The van der Waals surface area contributed by atoms with Gasteiger partial charge in [0.1, 0.15) is 24.4 Å². The van der Waals surface area contributed by atoms with Gasteiger partial charge in [0.05, 0.1) is 25.4 Å². The molecule has 75 heavy (non-hydrogen) atoms. The van der Waals surface area contributed by atoms with Crippen molar-refractivity contribution in [3.05, 3.63) is 12.2 Å². The molecule has 1 amide bonds. The molecule has 9 nitrogen and oxygen atoms in total. The largest absolute Gasteiger partial charge is 0.394 e. The number of aliphatic hydroxyl groups excluding tert-OH is 5. The van der Waals surface area contributed by atoms with E-state index in [1.165, 1.54) is 283 Å². The normalized spacial score (nSPS) is 18.8. The molecule has 6 N–H and O–H groups in total. The van der Waals surface area contributed by atoms with Crippen LogP contribution in [0.25, 0.3) is 0 Å². The van der Waals surface area contributed by atoms with E-state index in [2.05, 4.69) is 31.3 Å². The van der Waals surface area contributed by atoms with E-state index in [1.807, 2.05) is 0 Å². The van der Waals surface area contributed by atoms with Crippen molar-refractivity contribution >= 4 is 5.91 Å². The van der Waals surface area contributed by atoms with Gasteiger partial charge in [0.15, 0.2) is 6.29 Å². The summed E-state index contributed by atoms with van der Waals surface area (Å²) < 4.78 is 11.4. The smallest absolute Gasteiger partial charge is 0.220 e. The Balaban J connectivity index is 2.12. The van der Waals surface area contributed by atoms with Crippen molar-refractivity contribution in [2.75, 3.05) is 13.2 Å². The minimum absolute atomic E-state index is 0.133. The van der Waals surface area contributed by atoms with Crippen LogP contribution in [-0.2, 0) is 14.3 Å². The number of hydrogen-bond acceptors (Lipinski definition) is 8. The zero-order valence-electron chi connectivity index (χ0n) is 49.8. The fourth-order valence-corrected chi connectivity index (χ4v) is 11.1. The Hall–Kier alpha value is -1.07. The molecule has 0 spiro atoms. The van der Waals surface area contributed by atoms with Crippen LogP contribution in [0, 0.1) is 0 Å². The van der Waals surface area contributed by atoms with Gasteiger partial charge < -0.3 is 40.3 Å². The van der Waals surface area contributed by atoms with Gasteiger partial charge in [-0.05, 0) is 38.5 Å². The summed E-state index contributed by atoms with van der Waals surface area (Å²) in [5.41, 5.74) is 0.